The summed E-state index contributed by atoms with van der Waals surface area (Å²) in [6, 6.07) is 11.5. The molecule has 1 aromatic carbocycles. The summed E-state index contributed by atoms with van der Waals surface area (Å²) < 4.78 is 18.2. The number of piperazine rings is 1. The highest BCUT2D eigenvalue weighted by Gasteiger charge is 2.24. The first-order chi connectivity index (χ1) is 13.7. The molecule has 4 rings (SSSR count). The number of nitrogens with one attached hydrogen (secondary N) is 1. The Hall–Kier alpha value is -3.42. The Bertz CT molecular complexity index is 922. The number of anilines is 2. The van der Waals surface area contributed by atoms with Gasteiger partial charge in [0, 0.05) is 38.9 Å². The number of benzene rings is 1. The summed E-state index contributed by atoms with van der Waals surface area (Å²) in [7, 11) is 0. The highest BCUT2D eigenvalue weighted by Crippen LogP contribution is 2.16. The minimum absolute atomic E-state index is 0.0970. The molecular weight excluding hydrogens is 361 g/mol. The first-order valence-electron chi connectivity index (χ1n) is 9.08. The van der Waals surface area contributed by atoms with E-state index < -0.39 is 0 Å². The molecule has 1 fully saturated rings. The summed E-state index contributed by atoms with van der Waals surface area (Å²) >= 11 is 0. The number of aromatic nitrogens is 2. The fraction of sp³-hybridized carbons (Fsp3) is 0.250. The molecule has 0 saturated carbocycles. The summed E-state index contributed by atoms with van der Waals surface area (Å²) in [6.07, 6.45) is 3.21. The van der Waals surface area contributed by atoms with Crippen LogP contribution < -0.4 is 10.2 Å². The van der Waals surface area contributed by atoms with Crippen molar-refractivity contribution in [3.8, 4) is 0 Å². The zero-order valence-electron chi connectivity index (χ0n) is 15.2. The maximum Gasteiger partial charge on any atom is 0.289 e. The molecule has 0 aliphatic carbocycles. The van der Waals surface area contributed by atoms with Crippen molar-refractivity contribution >= 4 is 17.7 Å². The molecule has 0 unspecified atom stereocenters. The van der Waals surface area contributed by atoms with Crippen molar-refractivity contribution in [1.29, 1.82) is 0 Å². The molecular formula is C20H20FN5O2. The molecule has 1 N–H and O–H groups in total. The standard InChI is InChI=1S/C20H20FN5O2/c21-16-5-3-15(4-6-16)14-23-18-7-8-22-20(24-18)26-11-9-25(10-12-26)19(27)17-2-1-13-28-17/h1-8,13H,9-12,14H2,(H,22,23,24). The van der Waals surface area contributed by atoms with E-state index in [-0.39, 0.29) is 11.7 Å². The number of nitrogens with zero attached hydrogens (tertiary/aromatic N) is 4. The second-order valence-electron chi connectivity index (χ2n) is 6.48. The van der Waals surface area contributed by atoms with Crippen molar-refractivity contribution < 1.29 is 13.6 Å². The van der Waals surface area contributed by atoms with E-state index in [1.165, 1.54) is 18.4 Å². The average molecular weight is 381 g/mol. The van der Waals surface area contributed by atoms with Gasteiger partial charge in [0.1, 0.15) is 11.6 Å². The second-order valence-corrected chi connectivity index (χ2v) is 6.48. The number of amides is 1. The van der Waals surface area contributed by atoms with E-state index in [1.807, 2.05) is 0 Å². The molecule has 3 aromatic rings. The molecule has 3 heterocycles. The van der Waals surface area contributed by atoms with E-state index in [4.69, 9.17) is 4.42 Å². The van der Waals surface area contributed by atoms with Crippen LogP contribution in [-0.4, -0.2) is 47.0 Å². The Morgan fingerprint density at radius 2 is 1.89 bits per heavy atom. The van der Waals surface area contributed by atoms with Crippen LogP contribution >= 0.6 is 0 Å². The predicted octanol–water partition coefficient (Wildman–Crippen LogP) is 2.78. The third-order valence-corrected chi connectivity index (χ3v) is 4.61. The van der Waals surface area contributed by atoms with Gasteiger partial charge in [0.25, 0.3) is 5.91 Å². The van der Waals surface area contributed by atoms with Gasteiger partial charge in [0.05, 0.1) is 6.26 Å². The number of carbonyl (C=O) groups is 1. The van der Waals surface area contributed by atoms with Crippen molar-refractivity contribution in [1.82, 2.24) is 14.9 Å². The fourth-order valence-corrected chi connectivity index (χ4v) is 3.06. The van der Waals surface area contributed by atoms with Gasteiger partial charge in [-0.2, -0.15) is 4.98 Å². The first-order valence-corrected chi connectivity index (χ1v) is 9.08. The number of hydrogen-bond donors (Lipinski definition) is 1. The quantitative estimate of drug-likeness (QED) is 0.733. The molecule has 1 aliphatic heterocycles. The van der Waals surface area contributed by atoms with Crippen LogP contribution in [-0.2, 0) is 6.54 Å². The van der Waals surface area contributed by atoms with E-state index in [0.29, 0.717) is 50.3 Å². The van der Waals surface area contributed by atoms with Gasteiger partial charge in [-0.15, -0.1) is 0 Å². The summed E-state index contributed by atoms with van der Waals surface area (Å²) in [6.45, 7) is 3.00. The van der Waals surface area contributed by atoms with Gasteiger partial charge in [-0.1, -0.05) is 12.1 Å². The minimum atomic E-state index is -0.252. The number of carbonyl (C=O) groups excluding carboxylic acids is 1. The Morgan fingerprint density at radius 3 is 2.61 bits per heavy atom. The number of rotatable bonds is 5. The van der Waals surface area contributed by atoms with Crippen LogP contribution in [0.25, 0.3) is 0 Å². The van der Waals surface area contributed by atoms with E-state index >= 15 is 0 Å². The third-order valence-electron chi connectivity index (χ3n) is 4.61. The number of furan rings is 1. The van der Waals surface area contributed by atoms with Gasteiger partial charge >= 0.3 is 0 Å². The SMILES string of the molecule is O=C(c1ccco1)N1CCN(c2nccc(NCc3ccc(F)cc3)n2)CC1. The average Bonchev–Trinajstić information content (AvgIpc) is 3.28. The lowest BCUT2D eigenvalue weighted by atomic mass is 10.2. The number of hydrogen-bond acceptors (Lipinski definition) is 6. The van der Waals surface area contributed by atoms with Crippen molar-refractivity contribution in [3.63, 3.8) is 0 Å². The smallest absolute Gasteiger partial charge is 0.289 e. The molecule has 0 atom stereocenters. The maximum atomic E-state index is 13.0. The third kappa shape index (κ3) is 4.11. The lowest BCUT2D eigenvalue weighted by Gasteiger charge is -2.34. The minimum Gasteiger partial charge on any atom is -0.459 e. The zero-order valence-corrected chi connectivity index (χ0v) is 15.2. The van der Waals surface area contributed by atoms with Crippen LogP contribution in [0.15, 0.2) is 59.3 Å². The van der Waals surface area contributed by atoms with Gasteiger partial charge in [-0.25, -0.2) is 9.37 Å². The summed E-state index contributed by atoms with van der Waals surface area (Å²) in [5, 5.41) is 3.23. The molecule has 8 heteroatoms. The van der Waals surface area contributed by atoms with Crippen molar-refractivity contribution in [3.05, 3.63) is 72.1 Å². The summed E-state index contributed by atoms with van der Waals surface area (Å²) in [5.74, 6) is 1.33. The fourth-order valence-electron chi connectivity index (χ4n) is 3.06. The van der Waals surface area contributed by atoms with E-state index in [2.05, 4.69) is 20.2 Å². The topological polar surface area (TPSA) is 74.5 Å². The molecule has 1 saturated heterocycles. The van der Waals surface area contributed by atoms with Crippen LogP contribution in [0.4, 0.5) is 16.2 Å². The molecule has 2 aromatic heterocycles. The molecule has 0 spiro atoms. The largest absolute Gasteiger partial charge is 0.459 e. The maximum absolute atomic E-state index is 13.0. The second kappa shape index (κ2) is 8.08. The molecule has 0 bridgehead atoms. The van der Waals surface area contributed by atoms with Crippen molar-refractivity contribution in [2.24, 2.45) is 0 Å². The normalized spacial score (nSPS) is 14.2. The van der Waals surface area contributed by atoms with E-state index in [0.717, 1.165) is 5.56 Å². The monoisotopic (exact) mass is 381 g/mol. The Morgan fingerprint density at radius 1 is 1.11 bits per heavy atom. The highest BCUT2D eigenvalue weighted by atomic mass is 19.1. The van der Waals surface area contributed by atoms with Gasteiger partial charge in [-0.05, 0) is 35.9 Å². The van der Waals surface area contributed by atoms with Crippen LogP contribution in [0, 0.1) is 5.82 Å². The van der Waals surface area contributed by atoms with Crippen LogP contribution in [0.2, 0.25) is 0 Å². The molecule has 28 heavy (non-hydrogen) atoms. The number of halogens is 1. The van der Waals surface area contributed by atoms with Gasteiger partial charge < -0.3 is 19.5 Å². The van der Waals surface area contributed by atoms with Gasteiger partial charge in [0.15, 0.2) is 5.76 Å². The summed E-state index contributed by atoms with van der Waals surface area (Å²) in [4.78, 5) is 25.1. The zero-order chi connectivity index (χ0) is 19.3. The molecule has 1 amide bonds. The Labute approximate surface area is 161 Å². The first kappa shape index (κ1) is 18.0. The van der Waals surface area contributed by atoms with Crippen molar-refractivity contribution in [2.75, 3.05) is 36.4 Å². The lowest BCUT2D eigenvalue weighted by molar-refractivity contribution is 0.0714. The van der Waals surface area contributed by atoms with Crippen LogP contribution in [0.1, 0.15) is 16.1 Å². The lowest BCUT2D eigenvalue weighted by Crippen LogP contribution is -2.49. The molecule has 144 valence electrons. The molecule has 0 radical (unpaired) electrons. The molecule has 1 aliphatic rings. The van der Waals surface area contributed by atoms with Crippen LogP contribution in [0.5, 0.6) is 0 Å². The van der Waals surface area contributed by atoms with Gasteiger partial charge in [0.2, 0.25) is 5.95 Å². The molecule has 7 nitrogen and oxygen atoms in total. The Balaban J connectivity index is 1.34. The van der Waals surface area contributed by atoms with Crippen LogP contribution in [0.3, 0.4) is 0 Å². The van der Waals surface area contributed by atoms with Crippen molar-refractivity contribution in [2.45, 2.75) is 6.54 Å². The Kier molecular flexibility index (Phi) is 5.18. The van der Waals surface area contributed by atoms with E-state index in [1.54, 1.807) is 41.4 Å². The van der Waals surface area contributed by atoms with E-state index in [9.17, 15) is 9.18 Å². The summed E-state index contributed by atoms with van der Waals surface area (Å²) in [5.41, 5.74) is 0.964. The van der Waals surface area contributed by atoms with Gasteiger partial charge in [-0.3, -0.25) is 4.79 Å². The highest BCUT2D eigenvalue weighted by molar-refractivity contribution is 5.91. The predicted molar refractivity (Wildman–Crippen MR) is 103 cm³/mol.